The van der Waals surface area contributed by atoms with Crippen molar-refractivity contribution in [2.45, 2.75) is 43.3 Å². The van der Waals surface area contributed by atoms with Gasteiger partial charge in [0.15, 0.2) is 15.4 Å². The van der Waals surface area contributed by atoms with Gasteiger partial charge < -0.3 is 20.4 Å². The van der Waals surface area contributed by atoms with Crippen LogP contribution in [0.3, 0.4) is 0 Å². The molecular weight excluding hydrogens is 522 g/mol. The first-order valence-electron chi connectivity index (χ1n) is 12.9. The summed E-state index contributed by atoms with van der Waals surface area (Å²) in [6.45, 7) is 4.75. The number of fused-ring (bicyclic) bond motifs is 1. The van der Waals surface area contributed by atoms with E-state index in [2.05, 4.69) is 16.0 Å². The second-order valence-corrected chi connectivity index (χ2v) is 12.8. The number of hydrogen-bond acceptors (Lipinski definition) is 7. The quantitative estimate of drug-likeness (QED) is 0.454. The van der Waals surface area contributed by atoms with Gasteiger partial charge >= 0.3 is 6.03 Å². The van der Waals surface area contributed by atoms with Crippen LogP contribution in [0.5, 0.6) is 0 Å². The van der Waals surface area contributed by atoms with Crippen LogP contribution in [-0.2, 0) is 26.0 Å². The van der Waals surface area contributed by atoms with Gasteiger partial charge in [-0.15, -0.1) is 0 Å². The maximum atomic E-state index is 13.2. The smallest absolute Gasteiger partial charge is 0.322 e. The highest BCUT2D eigenvalue weighted by Gasteiger charge is 2.58. The van der Waals surface area contributed by atoms with Crippen molar-refractivity contribution in [1.29, 1.82) is 0 Å². The molecule has 0 unspecified atom stereocenters. The fourth-order valence-corrected chi connectivity index (χ4v) is 6.86. The molecule has 2 atom stereocenters. The van der Waals surface area contributed by atoms with Gasteiger partial charge in [0.25, 0.3) is 11.8 Å². The highest BCUT2D eigenvalue weighted by Crippen LogP contribution is 2.31. The number of hydrogen-bond donors (Lipinski definition) is 3. The molecule has 2 aromatic carbocycles. The number of amides is 5. The first kappa shape index (κ1) is 26.7. The minimum absolute atomic E-state index is 0.0208. The normalized spacial score (nSPS) is 23.5. The van der Waals surface area contributed by atoms with Crippen LogP contribution < -0.4 is 20.9 Å². The molecule has 3 aliphatic heterocycles. The summed E-state index contributed by atoms with van der Waals surface area (Å²) in [5, 5.41) is 7.72. The standard InChI is InChI=1S/C27H31N5O6S/c1-17(2)13-23(33)32-15-22(27(16-32)25(35)29-26(36)30-27)28-24(34)19-9-7-18(8-10-19)14-31-11-12-39(37,38)21-6-4-3-5-20(21)31/h3-10,17,22H,11-16H2,1-2H3,(H,28,34)(H2,29,30,35,36)/t22-,27+/m1/s1. The van der Waals surface area contributed by atoms with Crippen LogP contribution in [0.4, 0.5) is 10.5 Å². The molecule has 2 saturated heterocycles. The van der Waals surface area contributed by atoms with Crippen LogP contribution in [0.2, 0.25) is 0 Å². The van der Waals surface area contributed by atoms with Gasteiger partial charge in [-0.2, -0.15) is 0 Å². The molecule has 1 spiro atoms. The first-order valence-corrected chi connectivity index (χ1v) is 14.5. The predicted molar refractivity (Wildman–Crippen MR) is 143 cm³/mol. The average Bonchev–Trinajstić information content (AvgIpc) is 3.39. The van der Waals surface area contributed by atoms with Crippen LogP contribution in [0.1, 0.15) is 36.2 Å². The summed E-state index contributed by atoms with van der Waals surface area (Å²) in [6, 6.07) is 12.4. The maximum absolute atomic E-state index is 13.2. The molecule has 3 heterocycles. The van der Waals surface area contributed by atoms with Crippen molar-refractivity contribution in [1.82, 2.24) is 20.9 Å². The lowest BCUT2D eigenvalue weighted by Gasteiger charge is -2.31. The van der Waals surface area contributed by atoms with E-state index in [9.17, 15) is 27.6 Å². The summed E-state index contributed by atoms with van der Waals surface area (Å²) in [5.41, 5.74) is 0.477. The van der Waals surface area contributed by atoms with E-state index in [1.54, 1.807) is 48.5 Å². The molecule has 0 aliphatic carbocycles. The second kappa shape index (κ2) is 9.99. The van der Waals surface area contributed by atoms with Crippen LogP contribution in [0.15, 0.2) is 53.4 Å². The summed E-state index contributed by atoms with van der Waals surface area (Å²) in [6.07, 6.45) is 0.293. The van der Waals surface area contributed by atoms with E-state index in [-0.39, 0.29) is 30.7 Å². The molecule has 12 heteroatoms. The Morgan fingerprint density at radius 3 is 2.49 bits per heavy atom. The van der Waals surface area contributed by atoms with E-state index in [0.717, 1.165) is 5.56 Å². The Morgan fingerprint density at radius 1 is 1.10 bits per heavy atom. The highest BCUT2D eigenvalue weighted by molar-refractivity contribution is 7.91. The number of urea groups is 1. The Labute approximate surface area is 226 Å². The predicted octanol–water partition coefficient (Wildman–Crippen LogP) is 1.05. The van der Waals surface area contributed by atoms with Gasteiger partial charge in [0, 0.05) is 31.6 Å². The van der Waals surface area contributed by atoms with Gasteiger partial charge in [-0.25, -0.2) is 13.2 Å². The lowest BCUT2D eigenvalue weighted by atomic mass is 9.93. The van der Waals surface area contributed by atoms with Gasteiger partial charge in [0.1, 0.15) is 0 Å². The fourth-order valence-electron chi connectivity index (χ4n) is 5.38. The SMILES string of the molecule is CC(C)CC(=O)N1C[C@@H](NC(=O)c2ccc(CN3CCS(=O)(=O)c4ccccc43)cc2)[C@]2(C1)NC(=O)NC2=O. The number of likely N-dealkylation sites (tertiary alicyclic amines) is 1. The Hall–Kier alpha value is -3.93. The number of nitrogens with one attached hydrogen (secondary N) is 3. The first-order chi connectivity index (χ1) is 18.5. The number of imide groups is 1. The van der Waals surface area contributed by atoms with Crippen molar-refractivity contribution >= 4 is 39.3 Å². The largest absolute Gasteiger partial charge is 0.365 e. The van der Waals surface area contributed by atoms with Crippen LogP contribution in [0, 0.1) is 5.92 Å². The van der Waals surface area contributed by atoms with E-state index >= 15 is 0 Å². The average molecular weight is 554 g/mol. The third-order valence-electron chi connectivity index (χ3n) is 7.41. The van der Waals surface area contributed by atoms with E-state index in [4.69, 9.17) is 0 Å². The fraction of sp³-hybridized carbons (Fsp3) is 0.407. The van der Waals surface area contributed by atoms with Gasteiger partial charge in [-0.3, -0.25) is 19.7 Å². The molecule has 39 heavy (non-hydrogen) atoms. The van der Waals surface area contributed by atoms with Crippen molar-refractivity contribution < 1.29 is 27.6 Å². The third-order valence-corrected chi connectivity index (χ3v) is 9.14. The third kappa shape index (κ3) is 5.08. The summed E-state index contributed by atoms with van der Waals surface area (Å²) in [5.74, 6) is -1.000. The zero-order valence-corrected chi connectivity index (χ0v) is 22.6. The zero-order chi connectivity index (χ0) is 27.9. The van der Waals surface area contributed by atoms with Gasteiger partial charge in [0.2, 0.25) is 5.91 Å². The Bertz CT molecular complexity index is 1440. The number of rotatable bonds is 6. The van der Waals surface area contributed by atoms with Crippen LogP contribution in [0.25, 0.3) is 0 Å². The number of carbonyl (C=O) groups is 4. The molecule has 206 valence electrons. The van der Waals surface area contributed by atoms with E-state index in [0.29, 0.717) is 35.7 Å². The molecule has 11 nitrogen and oxygen atoms in total. The molecule has 0 aromatic heterocycles. The van der Waals surface area contributed by atoms with Crippen molar-refractivity contribution in [3.05, 3.63) is 59.7 Å². The summed E-state index contributed by atoms with van der Waals surface area (Å²) in [7, 11) is -3.30. The van der Waals surface area contributed by atoms with Gasteiger partial charge in [0.05, 0.1) is 28.9 Å². The second-order valence-electron chi connectivity index (χ2n) is 10.7. The number of nitrogens with zero attached hydrogens (tertiary/aromatic N) is 2. The van der Waals surface area contributed by atoms with Crippen molar-refractivity contribution in [2.75, 3.05) is 30.3 Å². The lowest BCUT2D eigenvalue weighted by Crippen LogP contribution is -2.62. The van der Waals surface area contributed by atoms with Gasteiger partial charge in [-0.05, 0) is 35.7 Å². The Morgan fingerprint density at radius 2 is 1.82 bits per heavy atom. The lowest BCUT2D eigenvalue weighted by molar-refractivity contribution is -0.131. The Balaban J connectivity index is 1.30. The molecule has 0 radical (unpaired) electrons. The molecular formula is C27H31N5O6S. The van der Waals surface area contributed by atoms with Crippen LogP contribution in [-0.4, -0.2) is 74.0 Å². The van der Waals surface area contributed by atoms with Crippen molar-refractivity contribution in [3.8, 4) is 0 Å². The topological polar surface area (TPSA) is 145 Å². The Kier molecular flexibility index (Phi) is 6.83. The summed E-state index contributed by atoms with van der Waals surface area (Å²) in [4.78, 5) is 54.5. The van der Waals surface area contributed by atoms with Gasteiger partial charge in [-0.1, -0.05) is 38.1 Å². The van der Waals surface area contributed by atoms with E-state index in [1.807, 2.05) is 18.7 Å². The van der Waals surface area contributed by atoms with E-state index in [1.165, 1.54) is 4.90 Å². The molecule has 5 rings (SSSR count). The molecule has 5 amide bonds. The summed E-state index contributed by atoms with van der Waals surface area (Å²) >= 11 is 0. The van der Waals surface area contributed by atoms with E-state index < -0.39 is 39.3 Å². The monoisotopic (exact) mass is 553 g/mol. The van der Waals surface area contributed by atoms with Crippen molar-refractivity contribution in [3.63, 3.8) is 0 Å². The minimum Gasteiger partial charge on any atom is -0.365 e. The molecule has 3 aliphatic rings. The van der Waals surface area contributed by atoms with Crippen molar-refractivity contribution in [2.24, 2.45) is 5.92 Å². The highest BCUT2D eigenvalue weighted by atomic mass is 32.2. The molecule has 0 saturated carbocycles. The number of sulfone groups is 1. The summed E-state index contributed by atoms with van der Waals surface area (Å²) < 4.78 is 24.9. The number of para-hydroxylation sites is 1. The minimum atomic E-state index is -3.30. The molecule has 3 N–H and O–H groups in total. The molecule has 2 fully saturated rings. The molecule has 0 bridgehead atoms. The molecule has 2 aromatic rings. The maximum Gasteiger partial charge on any atom is 0.322 e. The number of carbonyl (C=O) groups excluding carboxylic acids is 4. The number of benzene rings is 2. The zero-order valence-electron chi connectivity index (χ0n) is 21.8. The van der Waals surface area contributed by atoms with Crippen LogP contribution >= 0.6 is 0 Å². The number of anilines is 1.